The van der Waals surface area contributed by atoms with E-state index in [1.807, 2.05) is 30.9 Å². The largest absolute Gasteiger partial charge is 0.373 e. The maximum atomic E-state index is 12.2. The lowest BCUT2D eigenvalue weighted by Gasteiger charge is -2.35. The van der Waals surface area contributed by atoms with E-state index in [4.69, 9.17) is 4.74 Å². The van der Waals surface area contributed by atoms with Gasteiger partial charge in [0.05, 0.1) is 12.2 Å². The Morgan fingerprint density at radius 2 is 1.69 bits per heavy atom. The molecule has 2 atom stereocenters. The number of morpholine rings is 1. The zero-order valence-corrected chi connectivity index (χ0v) is 18.4. The molecule has 0 bridgehead atoms. The summed E-state index contributed by atoms with van der Waals surface area (Å²) >= 11 is 0. The Kier molecular flexibility index (Phi) is 9.61. The number of hydrogen-bond donors (Lipinski definition) is 1. The molecule has 0 saturated carbocycles. The second kappa shape index (κ2) is 11.9. The van der Waals surface area contributed by atoms with Gasteiger partial charge in [0, 0.05) is 52.1 Å². The van der Waals surface area contributed by atoms with Gasteiger partial charge in [-0.05, 0) is 45.2 Å². The summed E-state index contributed by atoms with van der Waals surface area (Å²) in [6.45, 7) is 12.8. The predicted octanol–water partition coefficient (Wildman–Crippen LogP) is 2.95. The fourth-order valence-electron chi connectivity index (χ4n) is 3.96. The Balaban J connectivity index is 1.80. The molecule has 6 heteroatoms. The predicted molar refractivity (Wildman–Crippen MR) is 115 cm³/mol. The Hall–Kier alpha value is -1.92. The number of rotatable bonds is 10. The van der Waals surface area contributed by atoms with Gasteiger partial charge in [0.15, 0.2) is 0 Å². The summed E-state index contributed by atoms with van der Waals surface area (Å²) in [4.78, 5) is 28.5. The van der Waals surface area contributed by atoms with E-state index >= 15 is 0 Å². The molecule has 0 spiro atoms. The van der Waals surface area contributed by atoms with Gasteiger partial charge in [-0.2, -0.15) is 0 Å². The summed E-state index contributed by atoms with van der Waals surface area (Å²) in [5.41, 5.74) is 2.39. The SMILES string of the molecule is CCN(CC)C(=O)CCCC(=O)NCc1ccccc1CN1CC(C)OC(C)C1. The number of nitrogens with one attached hydrogen (secondary N) is 1. The van der Waals surface area contributed by atoms with Crippen LogP contribution in [0.15, 0.2) is 24.3 Å². The Labute approximate surface area is 175 Å². The van der Waals surface area contributed by atoms with Gasteiger partial charge in [0.1, 0.15) is 0 Å². The topological polar surface area (TPSA) is 61.9 Å². The zero-order valence-electron chi connectivity index (χ0n) is 18.4. The molecule has 0 aromatic heterocycles. The van der Waals surface area contributed by atoms with Crippen molar-refractivity contribution in [2.24, 2.45) is 0 Å². The molecule has 1 N–H and O–H groups in total. The van der Waals surface area contributed by atoms with Gasteiger partial charge in [-0.25, -0.2) is 0 Å². The first-order chi connectivity index (χ1) is 13.9. The average Bonchev–Trinajstić information content (AvgIpc) is 2.67. The molecule has 2 unspecified atom stereocenters. The van der Waals surface area contributed by atoms with Crippen molar-refractivity contribution in [1.29, 1.82) is 0 Å². The first-order valence-corrected chi connectivity index (χ1v) is 10.9. The molecular formula is C23H37N3O3. The van der Waals surface area contributed by atoms with E-state index < -0.39 is 0 Å². The summed E-state index contributed by atoms with van der Waals surface area (Å²) in [5, 5.41) is 3.02. The number of ether oxygens (including phenoxy) is 1. The van der Waals surface area contributed by atoms with Gasteiger partial charge in [0.2, 0.25) is 11.8 Å². The third-order valence-corrected chi connectivity index (χ3v) is 5.39. The van der Waals surface area contributed by atoms with Crippen LogP contribution in [0.3, 0.4) is 0 Å². The lowest BCUT2D eigenvalue weighted by Crippen LogP contribution is -2.45. The highest BCUT2D eigenvalue weighted by atomic mass is 16.5. The molecule has 2 rings (SSSR count). The van der Waals surface area contributed by atoms with Crippen molar-refractivity contribution < 1.29 is 14.3 Å². The quantitative estimate of drug-likeness (QED) is 0.652. The molecule has 6 nitrogen and oxygen atoms in total. The minimum absolute atomic E-state index is 0.000710. The smallest absolute Gasteiger partial charge is 0.222 e. The van der Waals surface area contributed by atoms with Crippen LogP contribution < -0.4 is 5.32 Å². The highest BCUT2D eigenvalue weighted by Crippen LogP contribution is 2.17. The third kappa shape index (κ3) is 7.78. The molecule has 1 aromatic rings. The van der Waals surface area contributed by atoms with Crippen molar-refractivity contribution in [2.45, 2.75) is 72.3 Å². The monoisotopic (exact) mass is 403 g/mol. The molecule has 1 heterocycles. The third-order valence-electron chi connectivity index (χ3n) is 5.39. The number of carbonyl (C=O) groups is 2. The van der Waals surface area contributed by atoms with E-state index in [2.05, 4.69) is 36.2 Å². The molecule has 1 fully saturated rings. The second-order valence-corrected chi connectivity index (χ2v) is 7.92. The fraction of sp³-hybridized carbons (Fsp3) is 0.652. The molecule has 1 saturated heterocycles. The van der Waals surface area contributed by atoms with Gasteiger partial charge in [0.25, 0.3) is 0 Å². The number of amides is 2. The Morgan fingerprint density at radius 1 is 1.07 bits per heavy atom. The van der Waals surface area contributed by atoms with Gasteiger partial charge in [-0.1, -0.05) is 24.3 Å². The van der Waals surface area contributed by atoms with Crippen LogP contribution in [0.5, 0.6) is 0 Å². The van der Waals surface area contributed by atoms with Crippen molar-refractivity contribution in [3.63, 3.8) is 0 Å². The van der Waals surface area contributed by atoms with E-state index in [0.29, 0.717) is 25.8 Å². The summed E-state index contributed by atoms with van der Waals surface area (Å²) in [6.07, 6.45) is 1.88. The summed E-state index contributed by atoms with van der Waals surface area (Å²) in [5.74, 6) is 0.128. The van der Waals surface area contributed by atoms with Crippen LogP contribution in [-0.4, -0.2) is 60.0 Å². The Morgan fingerprint density at radius 3 is 2.31 bits per heavy atom. The van der Waals surface area contributed by atoms with Gasteiger partial charge >= 0.3 is 0 Å². The average molecular weight is 404 g/mol. The molecule has 29 heavy (non-hydrogen) atoms. The lowest BCUT2D eigenvalue weighted by molar-refractivity contribution is -0.131. The minimum Gasteiger partial charge on any atom is -0.373 e. The number of nitrogens with zero attached hydrogens (tertiary/aromatic N) is 2. The maximum absolute atomic E-state index is 12.2. The summed E-state index contributed by atoms with van der Waals surface area (Å²) in [6, 6.07) is 8.27. The highest BCUT2D eigenvalue weighted by molar-refractivity contribution is 5.78. The number of benzene rings is 1. The number of carbonyl (C=O) groups excluding carboxylic acids is 2. The molecule has 2 amide bonds. The van der Waals surface area contributed by atoms with Gasteiger partial charge in [-0.15, -0.1) is 0 Å². The van der Waals surface area contributed by atoms with Gasteiger partial charge in [-0.3, -0.25) is 14.5 Å². The second-order valence-electron chi connectivity index (χ2n) is 7.92. The minimum atomic E-state index is 0.000710. The fourth-order valence-corrected chi connectivity index (χ4v) is 3.96. The van der Waals surface area contributed by atoms with Crippen molar-refractivity contribution >= 4 is 11.8 Å². The first-order valence-electron chi connectivity index (χ1n) is 10.9. The molecule has 1 aliphatic rings. The summed E-state index contributed by atoms with van der Waals surface area (Å²) < 4.78 is 5.82. The molecule has 162 valence electrons. The molecule has 1 aliphatic heterocycles. The molecule has 0 aliphatic carbocycles. The van der Waals surface area contributed by atoms with E-state index in [-0.39, 0.29) is 24.0 Å². The van der Waals surface area contributed by atoms with Crippen molar-refractivity contribution in [3.05, 3.63) is 35.4 Å². The van der Waals surface area contributed by atoms with E-state index in [9.17, 15) is 9.59 Å². The normalized spacial score (nSPS) is 19.7. The van der Waals surface area contributed by atoms with Crippen LogP contribution >= 0.6 is 0 Å². The van der Waals surface area contributed by atoms with Crippen LogP contribution in [0, 0.1) is 0 Å². The van der Waals surface area contributed by atoms with Crippen LogP contribution in [0.1, 0.15) is 58.1 Å². The van der Waals surface area contributed by atoms with Crippen LogP contribution in [0.4, 0.5) is 0 Å². The molecular weight excluding hydrogens is 366 g/mol. The van der Waals surface area contributed by atoms with Crippen molar-refractivity contribution in [3.8, 4) is 0 Å². The van der Waals surface area contributed by atoms with E-state index in [1.165, 1.54) is 5.56 Å². The first kappa shape index (κ1) is 23.4. The zero-order chi connectivity index (χ0) is 21.2. The highest BCUT2D eigenvalue weighted by Gasteiger charge is 2.22. The maximum Gasteiger partial charge on any atom is 0.222 e. The van der Waals surface area contributed by atoms with E-state index in [1.54, 1.807) is 0 Å². The van der Waals surface area contributed by atoms with Crippen LogP contribution in [0.2, 0.25) is 0 Å². The Bertz CT molecular complexity index is 651. The molecule has 1 aromatic carbocycles. The van der Waals surface area contributed by atoms with Gasteiger partial charge < -0.3 is 15.0 Å². The van der Waals surface area contributed by atoms with Crippen LogP contribution in [-0.2, 0) is 27.4 Å². The lowest BCUT2D eigenvalue weighted by atomic mass is 10.1. The standard InChI is InChI=1S/C23H37N3O3/c1-5-26(6-2)23(28)13-9-12-22(27)24-14-20-10-7-8-11-21(20)17-25-15-18(3)29-19(4)16-25/h7-8,10-11,18-19H,5-6,9,12-17H2,1-4H3,(H,24,27). The summed E-state index contributed by atoms with van der Waals surface area (Å²) in [7, 11) is 0. The van der Waals surface area contributed by atoms with E-state index in [0.717, 1.165) is 38.3 Å². The van der Waals surface area contributed by atoms with Crippen molar-refractivity contribution in [1.82, 2.24) is 15.1 Å². The molecule has 0 radical (unpaired) electrons. The van der Waals surface area contributed by atoms with Crippen LogP contribution in [0.25, 0.3) is 0 Å². The number of hydrogen-bond acceptors (Lipinski definition) is 4. The van der Waals surface area contributed by atoms with Crippen molar-refractivity contribution in [2.75, 3.05) is 26.2 Å².